The van der Waals surface area contributed by atoms with E-state index >= 15 is 0 Å². The first-order valence-corrected chi connectivity index (χ1v) is 3.18. The van der Waals surface area contributed by atoms with Crippen LogP contribution in [-0.4, -0.2) is 0 Å². The van der Waals surface area contributed by atoms with Gasteiger partial charge in [-0.25, -0.2) is 0 Å². The van der Waals surface area contributed by atoms with Gasteiger partial charge in [0.2, 0.25) is 0 Å². The molecule has 0 radical (unpaired) electrons. The van der Waals surface area contributed by atoms with Gasteiger partial charge < -0.3 is 0 Å². The van der Waals surface area contributed by atoms with Crippen LogP contribution in [0.15, 0.2) is 30.3 Å². The van der Waals surface area contributed by atoms with Crippen LogP contribution in [0, 0.1) is 3.57 Å². The number of rotatable bonds is 0. The van der Waals surface area contributed by atoms with E-state index in [-0.39, 0.29) is 21.7 Å². The third kappa shape index (κ3) is 2.85. The van der Waals surface area contributed by atoms with Gasteiger partial charge in [-0.05, 0) is 34.7 Å². The van der Waals surface area contributed by atoms with Crippen molar-refractivity contribution in [2.45, 2.75) is 0 Å². The van der Waals surface area contributed by atoms with E-state index in [1.807, 2.05) is 18.2 Å². The first kappa shape index (κ1) is 8.66. The van der Waals surface area contributed by atoms with Gasteiger partial charge in [0.25, 0.3) is 0 Å². The zero-order chi connectivity index (χ0) is 5.11. The summed E-state index contributed by atoms with van der Waals surface area (Å²) in [5.74, 6) is 0. The summed E-state index contributed by atoms with van der Waals surface area (Å²) in [5, 5.41) is 0. The third-order valence-electron chi connectivity index (χ3n) is 0.733. The largest absolute Gasteiger partial charge is 2.00 e. The standard InChI is InChI=1S/C6H5I.Ti/c7-6-4-2-1-3-5-6;/h1-5H;/q;+2. The molecule has 1 aromatic rings. The smallest absolute Gasteiger partial charge is 0.0622 e. The maximum atomic E-state index is 2.28. The fourth-order valence-electron chi connectivity index (χ4n) is 0.415. The molecular weight excluding hydrogens is 247 g/mol. The van der Waals surface area contributed by atoms with Crippen molar-refractivity contribution in [2.75, 3.05) is 0 Å². The third-order valence-corrected chi connectivity index (χ3v) is 1.45. The van der Waals surface area contributed by atoms with Crippen LogP contribution < -0.4 is 0 Å². The molecule has 2 heteroatoms. The van der Waals surface area contributed by atoms with E-state index in [0.29, 0.717) is 0 Å². The van der Waals surface area contributed by atoms with Crippen molar-refractivity contribution in [2.24, 2.45) is 0 Å². The Morgan fingerprint density at radius 1 is 1.00 bits per heavy atom. The fraction of sp³-hybridized carbons (Fsp3) is 0. The van der Waals surface area contributed by atoms with Crippen molar-refractivity contribution in [1.29, 1.82) is 0 Å². The maximum Gasteiger partial charge on any atom is 2.00 e. The van der Waals surface area contributed by atoms with E-state index in [1.165, 1.54) is 3.57 Å². The Kier molecular flexibility index (Phi) is 4.91. The van der Waals surface area contributed by atoms with Gasteiger partial charge in [-0.2, -0.15) is 0 Å². The first-order valence-electron chi connectivity index (χ1n) is 2.10. The van der Waals surface area contributed by atoms with Gasteiger partial charge in [-0.3, -0.25) is 0 Å². The number of hydrogen-bond donors (Lipinski definition) is 0. The average Bonchev–Trinajstić information content (AvgIpc) is 1.69. The molecule has 0 saturated carbocycles. The van der Waals surface area contributed by atoms with Crippen molar-refractivity contribution in [3.8, 4) is 0 Å². The summed E-state index contributed by atoms with van der Waals surface area (Å²) in [5.41, 5.74) is 0. The number of hydrogen-bond acceptors (Lipinski definition) is 0. The van der Waals surface area contributed by atoms with Crippen molar-refractivity contribution in [3.63, 3.8) is 0 Å². The van der Waals surface area contributed by atoms with Crippen LogP contribution in [0.2, 0.25) is 0 Å². The molecule has 0 aliphatic rings. The molecule has 0 spiro atoms. The summed E-state index contributed by atoms with van der Waals surface area (Å²) in [7, 11) is 0. The normalized spacial score (nSPS) is 7.62. The van der Waals surface area contributed by atoms with Gasteiger partial charge in [0.1, 0.15) is 0 Å². The van der Waals surface area contributed by atoms with E-state index < -0.39 is 0 Å². The van der Waals surface area contributed by atoms with Crippen molar-refractivity contribution in [3.05, 3.63) is 33.9 Å². The molecule has 0 fully saturated rings. The van der Waals surface area contributed by atoms with E-state index in [4.69, 9.17) is 0 Å². The minimum absolute atomic E-state index is 0. The molecule has 0 aliphatic heterocycles. The Hall–Kier alpha value is 0.664. The van der Waals surface area contributed by atoms with E-state index in [1.54, 1.807) is 0 Å². The molecule has 0 amide bonds. The van der Waals surface area contributed by atoms with E-state index in [0.717, 1.165) is 0 Å². The molecular formula is C6H5ITi+2. The molecule has 1 rings (SSSR count). The van der Waals surface area contributed by atoms with Crippen molar-refractivity contribution >= 4 is 22.6 Å². The minimum atomic E-state index is 0. The second-order valence-electron chi connectivity index (χ2n) is 1.30. The van der Waals surface area contributed by atoms with Gasteiger partial charge in [-0.1, -0.05) is 18.2 Å². The summed E-state index contributed by atoms with van der Waals surface area (Å²) >= 11 is 2.28. The van der Waals surface area contributed by atoms with Gasteiger partial charge in [-0.15, -0.1) is 0 Å². The Labute approximate surface area is 77.7 Å². The summed E-state index contributed by atoms with van der Waals surface area (Å²) in [6.07, 6.45) is 0. The van der Waals surface area contributed by atoms with Crippen LogP contribution in [0.25, 0.3) is 0 Å². The van der Waals surface area contributed by atoms with Gasteiger partial charge in [0.05, 0.1) is 0 Å². The zero-order valence-corrected chi connectivity index (χ0v) is 7.98. The Morgan fingerprint density at radius 3 is 1.75 bits per heavy atom. The second-order valence-corrected chi connectivity index (χ2v) is 2.54. The molecule has 0 N–H and O–H groups in total. The molecule has 0 saturated heterocycles. The van der Waals surface area contributed by atoms with E-state index in [9.17, 15) is 0 Å². The Balaban J connectivity index is 0.000000490. The second kappa shape index (κ2) is 4.53. The summed E-state index contributed by atoms with van der Waals surface area (Å²) in [6.45, 7) is 0. The average molecular weight is 252 g/mol. The maximum absolute atomic E-state index is 2.28. The Morgan fingerprint density at radius 2 is 1.50 bits per heavy atom. The molecule has 38 valence electrons. The van der Waals surface area contributed by atoms with Crippen LogP contribution in [0.1, 0.15) is 0 Å². The van der Waals surface area contributed by atoms with E-state index in [2.05, 4.69) is 34.7 Å². The zero-order valence-electron chi connectivity index (χ0n) is 4.26. The Bertz CT molecular complexity index is 138. The monoisotopic (exact) mass is 252 g/mol. The van der Waals surface area contributed by atoms with Crippen LogP contribution in [0.4, 0.5) is 0 Å². The van der Waals surface area contributed by atoms with Crippen LogP contribution in [0.3, 0.4) is 0 Å². The quantitative estimate of drug-likeness (QED) is 0.490. The molecule has 0 heterocycles. The predicted molar refractivity (Wildman–Crippen MR) is 39.2 cm³/mol. The van der Waals surface area contributed by atoms with Crippen LogP contribution >= 0.6 is 22.6 Å². The molecule has 1 aromatic carbocycles. The van der Waals surface area contributed by atoms with Gasteiger partial charge >= 0.3 is 21.7 Å². The van der Waals surface area contributed by atoms with Gasteiger partial charge in [0.15, 0.2) is 0 Å². The molecule has 0 nitrogen and oxygen atoms in total. The molecule has 0 bridgehead atoms. The number of halogens is 1. The SMILES string of the molecule is Ic1ccccc1.[Ti+2]. The molecule has 0 aromatic heterocycles. The number of benzene rings is 1. The molecule has 8 heavy (non-hydrogen) atoms. The predicted octanol–water partition coefficient (Wildman–Crippen LogP) is 2.29. The molecule has 0 unspecified atom stereocenters. The van der Waals surface area contributed by atoms with Crippen molar-refractivity contribution in [1.82, 2.24) is 0 Å². The topological polar surface area (TPSA) is 0 Å². The van der Waals surface area contributed by atoms with Gasteiger partial charge in [0, 0.05) is 3.57 Å². The van der Waals surface area contributed by atoms with Crippen LogP contribution in [0.5, 0.6) is 0 Å². The molecule has 0 atom stereocenters. The molecule has 0 aliphatic carbocycles. The van der Waals surface area contributed by atoms with Crippen molar-refractivity contribution < 1.29 is 21.7 Å². The summed E-state index contributed by atoms with van der Waals surface area (Å²) < 4.78 is 1.29. The minimum Gasteiger partial charge on any atom is -0.0622 e. The summed E-state index contributed by atoms with van der Waals surface area (Å²) in [4.78, 5) is 0. The first-order chi connectivity index (χ1) is 3.39. The fourth-order valence-corrected chi connectivity index (χ4v) is 0.830. The summed E-state index contributed by atoms with van der Waals surface area (Å²) in [6, 6.07) is 10.2. The van der Waals surface area contributed by atoms with Crippen LogP contribution in [-0.2, 0) is 21.7 Å².